The third-order valence-corrected chi connectivity index (χ3v) is 8.96. The second kappa shape index (κ2) is 9.78. The number of ketones is 1. The summed E-state index contributed by atoms with van der Waals surface area (Å²) in [4.78, 5) is 31.0. The fourth-order valence-corrected chi connectivity index (χ4v) is 7.00. The number of allylic oxidation sites excluding steroid dienone is 2. The zero-order chi connectivity index (χ0) is 28.2. The lowest BCUT2D eigenvalue weighted by Gasteiger charge is -2.44. The lowest BCUT2D eigenvalue weighted by Crippen LogP contribution is -2.50. The van der Waals surface area contributed by atoms with E-state index < -0.39 is 5.60 Å². The second-order valence-electron chi connectivity index (χ2n) is 12.4. The summed E-state index contributed by atoms with van der Waals surface area (Å²) < 4.78 is 11.5. The smallest absolute Gasteiger partial charge is 0.410 e. The van der Waals surface area contributed by atoms with E-state index in [9.17, 15) is 14.9 Å². The quantitative estimate of drug-likeness (QED) is 0.506. The Hall–Kier alpha value is -3.63. The van der Waals surface area contributed by atoms with Gasteiger partial charge in [-0.1, -0.05) is 13.0 Å². The molecule has 7 nitrogen and oxygen atoms in total. The number of Topliss-reactive ketones (excluding diaryl/α,β-unsaturated/α-hetero) is 1. The molecule has 2 aliphatic carbocycles. The van der Waals surface area contributed by atoms with Crippen LogP contribution in [-0.4, -0.2) is 61.8 Å². The molecule has 40 heavy (non-hydrogen) atoms. The summed E-state index contributed by atoms with van der Waals surface area (Å²) in [6, 6.07) is 12.4. The maximum atomic E-state index is 14.2. The molecule has 1 amide bonds. The fourth-order valence-electron chi connectivity index (χ4n) is 7.00. The first kappa shape index (κ1) is 26.6. The van der Waals surface area contributed by atoms with E-state index in [0.29, 0.717) is 51.4 Å². The Labute approximate surface area is 236 Å². The van der Waals surface area contributed by atoms with Crippen LogP contribution in [0.5, 0.6) is 0 Å². The van der Waals surface area contributed by atoms with Gasteiger partial charge in [0.1, 0.15) is 5.60 Å². The molecule has 2 heterocycles. The lowest BCUT2D eigenvalue weighted by molar-refractivity contribution is 0.0240. The van der Waals surface area contributed by atoms with Crippen LogP contribution in [0.3, 0.4) is 0 Å². The Morgan fingerprint density at radius 2 is 1.80 bits per heavy atom. The molecule has 4 aliphatic rings. The molecule has 7 heteroatoms. The maximum Gasteiger partial charge on any atom is 0.410 e. The van der Waals surface area contributed by atoms with Gasteiger partial charge in [-0.25, -0.2) is 4.79 Å². The first-order valence-corrected chi connectivity index (χ1v) is 14.4. The highest BCUT2D eigenvalue weighted by atomic mass is 16.6. The average molecular weight is 540 g/mol. The number of amides is 1. The minimum absolute atomic E-state index is 0.0987. The second-order valence-corrected chi connectivity index (χ2v) is 12.4. The van der Waals surface area contributed by atoms with Crippen molar-refractivity contribution >= 4 is 23.1 Å². The molecule has 2 fully saturated rings. The zero-order valence-electron chi connectivity index (χ0n) is 23.9. The van der Waals surface area contributed by atoms with Gasteiger partial charge in [0.25, 0.3) is 0 Å². The van der Waals surface area contributed by atoms with E-state index in [-0.39, 0.29) is 17.3 Å². The van der Waals surface area contributed by atoms with Gasteiger partial charge in [0.2, 0.25) is 0 Å². The molecule has 6 rings (SSSR count). The Morgan fingerprint density at radius 1 is 1.07 bits per heavy atom. The summed E-state index contributed by atoms with van der Waals surface area (Å²) in [5.74, 6) is 0.0987. The molecule has 208 valence electrons. The highest BCUT2D eigenvalue weighted by Gasteiger charge is 2.49. The third-order valence-electron chi connectivity index (χ3n) is 8.96. The number of benzene rings is 2. The summed E-state index contributed by atoms with van der Waals surface area (Å²) >= 11 is 0. The van der Waals surface area contributed by atoms with Crippen molar-refractivity contribution in [1.29, 1.82) is 5.26 Å². The number of carbonyl (C=O) groups excluding carboxylic acids is 2. The van der Waals surface area contributed by atoms with Crippen LogP contribution >= 0.6 is 0 Å². The molecule has 0 atom stereocenters. The van der Waals surface area contributed by atoms with Gasteiger partial charge in [-0.3, -0.25) is 4.79 Å². The van der Waals surface area contributed by atoms with Crippen molar-refractivity contribution in [2.45, 2.75) is 64.4 Å². The number of rotatable bonds is 2. The number of anilines is 1. The number of ether oxygens (including phenoxy) is 2. The van der Waals surface area contributed by atoms with Crippen molar-refractivity contribution in [3.8, 4) is 6.07 Å². The normalized spacial score (nSPS) is 19.7. The minimum Gasteiger partial charge on any atom is -0.444 e. The van der Waals surface area contributed by atoms with E-state index in [1.807, 2.05) is 39.0 Å². The first-order valence-electron chi connectivity index (χ1n) is 14.4. The van der Waals surface area contributed by atoms with Crippen molar-refractivity contribution in [2.24, 2.45) is 0 Å². The summed E-state index contributed by atoms with van der Waals surface area (Å²) in [5, 5.41) is 9.49. The number of fused-ring (bicyclic) bond motifs is 5. The fraction of sp³-hybridized carbons (Fsp3) is 0.485. The predicted molar refractivity (Wildman–Crippen MR) is 154 cm³/mol. The maximum absolute atomic E-state index is 14.2. The number of aryl methyl sites for hydroxylation is 1. The van der Waals surface area contributed by atoms with Gasteiger partial charge in [-0.15, -0.1) is 0 Å². The standard InChI is InChI=1S/C33H37N3O4/c1-5-22-17-25-26(19-28(22)35-10-12-36(13-11-35)31(38)40-32(2,3)4)33(8-14-39-15-9-33)27-18-23-16-21(20-34)6-7-24(23)29(27)30(25)37/h6-7,16-17,19H,5,8-15,18H2,1-4H3. The molecule has 0 N–H and O–H groups in total. The van der Waals surface area contributed by atoms with Gasteiger partial charge in [0.05, 0.1) is 11.6 Å². The molecular formula is C33H37N3O4. The van der Waals surface area contributed by atoms with Crippen molar-refractivity contribution < 1.29 is 19.1 Å². The van der Waals surface area contributed by atoms with Crippen LogP contribution in [0, 0.1) is 11.3 Å². The number of hydrogen-bond acceptors (Lipinski definition) is 6. The molecule has 0 saturated carbocycles. The summed E-state index contributed by atoms with van der Waals surface area (Å²) in [7, 11) is 0. The van der Waals surface area contributed by atoms with E-state index in [1.165, 1.54) is 5.57 Å². The van der Waals surface area contributed by atoms with E-state index in [2.05, 4.69) is 30.0 Å². The van der Waals surface area contributed by atoms with Gasteiger partial charge in [-0.2, -0.15) is 5.26 Å². The highest BCUT2D eigenvalue weighted by molar-refractivity contribution is 6.33. The number of piperazine rings is 1. The zero-order valence-corrected chi connectivity index (χ0v) is 23.9. The Balaban J connectivity index is 1.38. The summed E-state index contributed by atoms with van der Waals surface area (Å²) in [6.07, 6.45) is 2.92. The van der Waals surface area contributed by atoms with Crippen molar-refractivity contribution in [2.75, 3.05) is 44.3 Å². The topological polar surface area (TPSA) is 82.9 Å². The Bertz CT molecular complexity index is 1460. The number of nitrogens with zero attached hydrogens (tertiary/aromatic N) is 3. The van der Waals surface area contributed by atoms with Crippen LogP contribution in [-0.2, 0) is 27.7 Å². The Morgan fingerprint density at radius 3 is 2.45 bits per heavy atom. The first-order chi connectivity index (χ1) is 19.1. The molecule has 1 spiro atoms. The van der Waals surface area contributed by atoms with Crippen molar-refractivity contribution in [1.82, 2.24) is 4.90 Å². The number of hydrogen-bond donors (Lipinski definition) is 0. The SMILES string of the molecule is CCc1cc2c(cc1N1CCN(C(=O)OC(C)(C)C)CC1)C1(CCOCC1)C1=C(C2=O)c2ccc(C#N)cc2C1. The third kappa shape index (κ3) is 4.30. The molecule has 0 unspecified atom stereocenters. The minimum atomic E-state index is -0.518. The van der Waals surface area contributed by atoms with Crippen LogP contribution in [0.25, 0.3) is 5.57 Å². The summed E-state index contributed by atoms with van der Waals surface area (Å²) in [5.41, 5.74) is 8.20. The van der Waals surface area contributed by atoms with Gasteiger partial charge in [0.15, 0.2) is 5.78 Å². The molecule has 2 aromatic rings. The summed E-state index contributed by atoms with van der Waals surface area (Å²) in [6.45, 7) is 11.7. The van der Waals surface area contributed by atoms with E-state index in [1.54, 1.807) is 4.90 Å². The molecule has 2 saturated heterocycles. The predicted octanol–water partition coefficient (Wildman–Crippen LogP) is 5.43. The van der Waals surface area contributed by atoms with Crippen LogP contribution in [0.4, 0.5) is 10.5 Å². The van der Waals surface area contributed by atoms with Crippen LogP contribution < -0.4 is 4.90 Å². The lowest BCUT2D eigenvalue weighted by atomic mass is 9.62. The molecular weight excluding hydrogens is 502 g/mol. The molecule has 2 aliphatic heterocycles. The Kier molecular flexibility index (Phi) is 6.50. The van der Waals surface area contributed by atoms with Crippen LogP contribution in [0.2, 0.25) is 0 Å². The van der Waals surface area contributed by atoms with Gasteiger partial charge < -0.3 is 19.3 Å². The van der Waals surface area contributed by atoms with Crippen LogP contribution in [0.1, 0.15) is 78.7 Å². The van der Waals surface area contributed by atoms with E-state index >= 15 is 0 Å². The van der Waals surface area contributed by atoms with E-state index in [4.69, 9.17) is 9.47 Å². The van der Waals surface area contributed by atoms with Crippen LogP contribution in [0.15, 0.2) is 35.9 Å². The largest absolute Gasteiger partial charge is 0.444 e. The molecule has 0 radical (unpaired) electrons. The molecule has 2 aromatic carbocycles. The van der Waals surface area contributed by atoms with E-state index in [0.717, 1.165) is 58.3 Å². The number of carbonyl (C=O) groups is 2. The number of nitriles is 1. The van der Waals surface area contributed by atoms with Crippen molar-refractivity contribution in [3.05, 3.63) is 69.3 Å². The van der Waals surface area contributed by atoms with Gasteiger partial charge >= 0.3 is 6.09 Å². The highest BCUT2D eigenvalue weighted by Crippen LogP contribution is 2.55. The molecule has 0 bridgehead atoms. The van der Waals surface area contributed by atoms with Gasteiger partial charge in [0, 0.05) is 61.6 Å². The molecule has 0 aromatic heterocycles. The van der Waals surface area contributed by atoms with Gasteiger partial charge in [-0.05, 0) is 98.5 Å². The van der Waals surface area contributed by atoms with Crippen molar-refractivity contribution in [3.63, 3.8) is 0 Å². The monoisotopic (exact) mass is 539 g/mol. The average Bonchev–Trinajstić information content (AvgIpc) is 3.35.